The molecule has 0 radical (unpaired) electrons. The summed E-state index contributed by atoms with van der Waals surface area (Å²) in [4.78, 5) is 24.5. The number of imide groups is 1. The van der Waals surface area contributed by atoms with Crippen molar-refractivity contribution in [2.24, 2.45) is 5.73 Å². The highest BCUT2D eigenvalue weighted by Gasteiger charge is 2.38. The van der Waals surface area contributed by atoms with Crippen LogP contribution in [0, 0.1) is 0 Å². The number of nitrogens with one attached hydrogen (secondary N) is 1. The molecule has 10 heteroatoms. The number of likely N-dealkylation sites (N-methyl/N-ethyl adjacent to an activating group) is 1. The summed E-state index contributed by atoms with van der Waals surface area (Å²) in [5.74, 6) is -0.984. The van der Waals surface area contributed by atoms with Crippen molar-refractivity contribution >= 4 is 50.4 Å². The normalized spacial score (nSPS) is 19.6. The van der Waals surface area contributed by atoms with Crippen LogP contribution in [0.3, 0.4) is 0 Å². The summed E-state index contributed by atoms with van der Waals surface area (Å²) >= 11 is 5.67. The van der Waals surface area contributed by atoms with Gasteiger partial charge in [0.15, 0.2) is 0 Å². The van der Waals surface area contributed by atoms with Crippen LogP contribution in [-0.2, 0) is 19.6 Å². The van der Waals surface area contributed by atoms with Crippen molar-refractivity contribution in [2.75, 3.05) is 7.05 Å². The monoisotopic (exact) mass is 333 g/mol. The van der Waals surface area contributed by atoms with Crippen molar-refractivity contribution in [3.63, 3.8) is 0 Å². The average molecular weight is 333 g/mol. The smallest absolute Gasteiger partial charge is 0.250 e. The van der Waals surface area contributed by atoms with Gasteiger partial charge in [-0.2, -0.15) is 4.72 Å². The molecule has 20 heavy (non-hydrogen) atoms. The van der Waals surface area contributed by atoms with Gasteiger partial charge in [-0.1, -0.05) is 12.2 Å². The third kappa shape index (κ3) is 2.73. The quantitative estimate of drug-likeness (QED) is 0.563. The first-order valence-corrected chi connectivity index (χ1v) is 8.15. The molecule has 1 aliphatic rings. The molecule has 2 heterocycles. The summed E-state index contributed by atoms with van der Waals surface area (Å²) < 4.78 is 26.4. The Morgan fingerprint density at radius 1 is 1.50 bits per heavy atom. The van der Waals surface area contributed by atoms with Crippen molar-refractivity contribution in [3.05, 3.63) is 17.0 Å². The Kier molecular flexibility index (Phi) is 3.91. The summed E-state index contributed by atoms with van der Waals surface area (Å²) in [6.07, 6.45) is -0.178. The van der Waals surface area contributed by atoms with Gasteiger partial charge in [-0.15, -0.1) is 11.3 Å². The first-order valence-electron chi connectivity index (χ1n) is 5.45. The number of nitrogens with two attached hydrogens (primary N) is 1. The molecule has 2 rings (SSSR count). The van der Waals surface area contributed by atoms with Gasteiger partial charge < -0.3 is 5.73 Å². The lowest BCUT2D eigenvalue weighted by Crippen LogP contribution is -2.40. The maximum absolute atomic E-state index is 12.1. The molecular formula is C10H11N3O4S3. The van der Waals surface area contributed by atoms with Crippen LogP contribution in [0.25, 0.3) is 0 Å². The molecule has 1 aromatic rings. The molecular weight excluding hydrogens is 322 g/mol. The van der Waals surface area contributed by atoms with Crippen molar-refractivity contribution < 1.29 is 18.0 Å². The third-order valence-electron chi connectivity index (χ3n) is 2.77. The van der Waals surface area contributed by atoms with Gasteiger partial charge in [0.25, 0.3) is 10.0 Å². The highest BCUT2D eigenvalue weighted by Crippen LogP contribution is 2.23. The fraction of sp³-hybridized carbons (Fsp3) is 0.300. The van der Waals surface area contributed by atoms with Gasteiger partial charge in [0.2, 0.25) is 11.8 Å². The van der Waals surface area contributed by atoms with Crippen LogP contribution in [0.4, 0.5) is 0 Å². The fourth-order valence-corrected chi connectivity index (χ4v) is 4.25. The standard InChI is InChI=1S/C10H11N3O4S3/c1-13-7(14)4-5(10(13)15)12-20(16,17)8-3-2-6(19-8)9(11)18/h2-3,5,12H,4H2,1H3,(H2,11,18). The molecule has 0 aromatic carbocycles. The number of nitrogens with zero attached hydrogens (tertiary/aromatic N) is 1. The summed E-state index contributed by atoms with van der Waals surface area (Å²) in [5, 5.41) is 0. The Bertz CT molecular complexity index is 694. The first-order chi connectivity index (χ1) is 9.22. The minimum atomic E-state index is -3.88. The molecule has 0 saturated carbocycles. The van der Waals surface area contributed by atoms with Gasteiger partial charge in [0, 0.05) is 7.05 Å². The molecule has 3 N–H and O–H groups in total. The molecule has 0 aliphatic carbocycles. The highest BCUT2D eigenvalue weighted by atomic mass is 32.2. The van der Waals surface area contributed by atoms with E-state index in [1.165, 1.54) is 19.2 Å². The number of thiocarbonyl (C=S) groups is 1. The van der Waals surface area contributed by atoms with E-state index >= 15 is 0 Å². The van der Waals surface area contributed by atoms with Crippen LogP contribution in [0.15, 0.2) is 16.3 Å². The van der Waals surface area contributed by atoms with Crippen molar-refractivity contribution in [1.29, 1.82) is 0 Å². The number of hydrogen-bond acceptors (Lipinski definition) is 6. The van der Waals surface area contributed by atoms with E-state index in [-0.39, 0.29) is 15.6 Å². The van der Waals surface area contributed by atoms with Gasteiger partial charge in [0.1, 0.15) is 15.2 Å². The number of carbonyl (C=O) groups is 2. The van der Waals surface area contributed by atoms with E-state index in [1.807, 2.05) is 0 Å². The predicted octanol–water partition coefficient (Wildman–Crippen LogP) is -0.582. The van der Waals surface area contributed by atoms with Gasteiger partial charge >= 0.3 is 0 Å². The zero-order valence-corrected chi connectivity index (χ0v) is 12.8. The number of amides is 2. The molecule has 1 saturated heterocycles. The van der Waals surface area contributed by atoms with Crippen molar-refractivity contribution in [1.82, 2.24) is 9.62 Å². The first kappa shape index (κ1) is 15.0. The number of thiophene rings is 1. The van der Waals surface area contributed by atoms with Gasteiger partial charge in [-0.25, -0.2) is 8.42 Å². The van der Waals surface area contributed by atoms with E-state index in [0.29, 0.717) is 4.88 Å². The largest absolute Gasteiger partial charge is 0.389 e. The van der Waals surface area contributed by atoms with Crippen molar-refractivity contribution in [3.8, 4) is 0 Å². The molecule has 2 amide bonds. The summed E-state index contributed by atoms with van der Waals surface area (Å²) in [7, 11) is -2.57. The van der Waals surface area contributed by atoms with E-state index < -0.39 is 27.9 Å². The summed E-state index contributed by atoms with van der Waals surface area (Å²) in [6.45, 7) is 0. The Labute approximate surface area is 124 Å². The molecule has 0 bridgehead atoms. The van der Waals surface area contributed by atoms with E-state index in [0.717, 1.165) is 16.2 Å². The molecule has 0 spiro atoms. The number of carbonyl (C=O) groups excluding carboxylic acids is 2. The number of hydrogen-bond donors (Lipinski definition) is 2. The zero-order chi connectivity index (χ0) is 15.1. The Hall–Kier alpha value is -1.36. The van der Waals surface area contributed by atoms with Crippen LogP contribution < -0.4 is 10.5 Å². The fourth-order valence-electron chi connectivity index (χ4n) is 1.69. The molecule has 1 aliphatic heterocycles. The lowest BCUT2D eigenvalue weighted by atomic mass is 10.3. The zero-order valence-electron chi connectivity index (χ0n) is 10.3. The Morgan fingerprint density at radius 2 is 2.15 bits per heavy atom. The second kappa shape index (κ2) is 5.20. The summed E-state index contributed by atoms with van der Waals surface area (Å²) in [6, 6.07) is 1.79. The maximum Gasteiger partial charge on any atom is 0.250 e. The average Bonchev–Trinajstić information content (AvgIpc) is 2.93. The van der Waals surface area contributed by atoms with E-state index in [4.69, 9.17) is 18.0 Å². The second-order valence-electron chi connectivity index (χ2n) is 4.15. The predicted molar refractivity (Wildman–Crippen MR) is 76.7 cm³/mol. The molecule has 1 aromatic heterocycles. The minimum Gasteiger partial charge on any atom is -0.389 e. The van der Waals surface area contributed by atoms with E-state index in [9.17, 15) is 18.0 Å². The van der Waals surface area contributed by atoms with Crippen LogP contribution in [0.5, 0.6) is 0 Å². The minimum absolute atomic E-state index is 0.00454. The van der Waals surface area contributed by atoms with Crippen molar-refractivity contribution in [2.45, 2.75) is 16.7 Å². The number of rotatable bonds is 4. The molecule has 108 valence electrons. The lowest BCUT2D eigenvalue weighted by molar-refractivity contribution is -0.137. The second-order valence-corrected chi connectivity index (χ2v) is 7.62. The van der Waals surface area contributed by atoms with E-state index in [1.54, 1.807) is 0 Å². The highest BCUT2D eigenvalue weighted by molar-refractivity contribution is 7.91. The Balaban J connectivity index is 2.21. The van der Waals surface area contributed by atoms with Crippen LogP contribution in [-0.4, -0.2) is 43.2 Å². The Morgan fingerprint density at radius 3 is 2.60 bits per heavy atom. The number of sulfonamides is 1. The van der Waals surface area contributed by atoms with Crippen LogP contribution >= 0.6 is 23.6 Å². The van der Waals surface area contributed by atoms with Gasteiger partial charge in [-0.3, -0.25) is 14.5 Å². The van der Waals surface area contributed by atoms with Crippen LogP contribution in [0.2, 0.25) is 0 Å². The molecule has 1 fully saturated rings. The lowest BCUT2D eigenvalue weighted by Gasteiger charge is -2.10. The van der Waals surface area contributed by atoms with E-state index in [2.05, 4.69) is 4.72 Å². The molecule has 7 nitrogen and oxygen atoms in total. The third-order valence-corrected chi connectivity index (χ3v) is 6.20. The maximum atomic E-state index is 12.1. The SMILES string of the molecule is CN1C(=O)CC(NS(=O)(=O)c2ccc(C(N)=S)s2)C1=O. The number of likely N-dealkylation sites (tertiary alicyclic amines) is 1. The van der Waals surface area contributed by atoms with Gasteiger partial charge in [0.05, 0.1) is 11.3 Å². The molecule has 1 atom stereocenters. The topological polar surface area (TPSA) is 110 Å². The summed E-state index contributed by atoms with van der Waals surface area (Å²) in [5.41, 5.74) is 5.41. The van der Waals surface area contributed by atoms with Crippen LogP contribution in [0.1, 0.15) is 11.3 Å². The van der Waals surface area contributed by atoms with Gasteiger partial charge in [-0.05, 0) is 12.1 Å². The molecule has 1 unspecified atom stereocenters.